The number of hydrogen-bond acceptors (Lipinski definition) is 1. The predicted octanol–water partition coefficient (Wildman–Crippen LogP) is 11.7. The first kappa shape index (κ1) is 30.9. The van der Waals surface area contributed by atoms with Crippen LogP contribution in [0.25, 0.3) is 44.5 Å². The van der Waals surface area contributed by atoms with Gasteiger partial charge in [0.2, 0.25) is 0 Å². The average molecular weight is 621 g/mol. The first-order valence-electron chi connectivity index (χ1n) is 16.9. The zero-order valence-electron chi connectivity index (χ0n) is 27.2. The van der Waals surface area contributed by atoms with E-state index in [4.69, 9.17) is 10.7 Å². The van der Waals surface area contributed by atoms with Gasteiger partial charge in [0.15, 0.2) is 0 Å². The van der Waals surface area contributed by atoms with E-state index in [1.54, 1.807) is 0 Å². The molecule has 2 N–H and O–H groups in total. The van der Waals surface area contributed by atoms with E-state index in [1.807, 2.05) is 0 Å². The summed E-state index contributed by atoms with van der Waals surface area (Å²) in [6, 6.07) is 45.8. The molecule has 0 bridgehead atoms. The van der Waals surface area contributed by atoms with Crippen LogP contribution in [-0.4, -0.2) is 5.84 Å². The fourth-order valence-electron chi connectivity index (χ4n) is 6.64. The molecule has 0 heterocycles. The molecule has 0 fully saturated rings. The standard InChI is InChI=1S/C46H40N2/c47-46(37-22-8-3-9-23-37)48-45(36-20-6-2-7-21-36)32-31-34-17-16-24-38(33-34)40-26-11-13-28-42(40)44-30-15-14-29-43(44)41-27-12-10-25-39(41)35-18-4-1-5-19-35/h1,3-6,8,10-22,24-30,32-33H,2,7,9,23,31H2,(H2,47,48)/b45-32-. The molecular weight excluding hydrogens is 581 g/mol. The molecule has 0 saturated heterocycles. The second-order valence-corrected chi connectivity index (χ2v) is 12.3. The molecule has 0 unspecified atom stereocenters. The van der Waals surface area contributed by atoms with E-state index >= 15 is 0 Å². The van der Waals surface area contributed by atoms with Crippen LogP contribution in [0, 0.1) is 0 Å². The first-order chi connectivity index (χ1) is 23.7. The van der Waals surface area contributed by atoms with Crippen molar-refractivity contribution in [3.63, 3.8) is 0 Å². The Kier molecular flexibility index (Phi) is 9.52. The highest BCUT2D eigenvalue weighted by Crippen LogP contribution is 2.41. The summed E-state index contributed by atoms with van der Waals surface area (Å²) in [4.78, 5) is 4.97. The van der Waals surface area contributed by atoms with E-state index in [0.717, 1.165) is 48.9 Å². The molecule has 5 aromatic carbocycles. The molecule has 0 saturated carbocycles. The maximum absolute atomic E-state index is 6.55. The van der Waals surface area contributed by atoms with Crippen molar-refractivity contribution < 1.29 is 0 Å². The lowest BCUT2D eigenvalue weighted by Gasteiger charge is -2.17. The number of allylic oxidation sites excluding steroid dienone is 7. The van der Waals surface area contributed by atoms with Gasteiger partial charge in [-0.1, -0.05) is 170 Å². The summed E-state index contributed by atoms with van der Waals surface area (Å²) >= 11 is 0. The zero-order valence-corrected chi connectivity index (χ0v) is 27.2. The van der Waals surface area contributed by atoms with E-state index in [1.165, 1.54) is 50.1 Å². The Morgan fingerprint density at radius 2 is 1.21 bits per heavy atom. The molecule has 7 rings (SSSR count). The number of benzene rings is 5. The molecule has 234 valence electrons. The fraction of sp³-hybridized carbons (Fsp3) is 0.109. The predicted molar refractivity (Wildman–Crippen MR) is 205 cm³/mol. The largest absolute Gasteiger partial charge is 0.383 e. The van der Waals surface area contributed by atoms with Crippen molar-refractivity contribution in [2.45, 2.75) is 32.1 Å². The van der Waals surface area contributed by atoms with Crippen LogP contribution in [0.15, 0.2) is 192 Å². The molecule has 0 aliphatic heterocycles. The molecule has 0 amide bonds. The van der Waals surface area contributed by atoms with Gasteiger partial charge >= 0.3 is 0 Å². The molecule has 48 heavy (non-hydrogen) atoms. The lowest BCUT2D eigenvalue weighted by atomic mass is 9.86. The molecule has 0 spiro atoms. The molecule has 2 aliphatic carbocycles. The minimum absolute atomic E-state index is 0.612. The number of nitrogens with two attached hydrogens (primary N) is 1. The highest BCUT2D eigenvalue weighted by atomic mass is 14.9. The van der Waals surface area contributed by atoms with E-state index < -0.39 is 0 Å². The van der Waals surface area contributed by atoms with Gasteiger partial charge in [0.1, 0.15) is 5.84 Å². The maximum atomic E-state index is 6.55. The van der Waals surface area contributed by atoms with Crippen molar-refractivity contribution in [1.29, 1.82) is 0 Å². The third kappa shape index (κ3) is 6.99. The number of rotatable bonds is 9. The summed E-state index contributed by atoms with van der Waals surface area (Å²) in [7, 11) is 0. The van der Waals surface area contributed by atoms with Crippen LogP contribution >= 0.6 is 0 Å². The Balaban J connectivity index is 1.25. The Morgan fingerprint density at radius 1 is 0.604 bits per heavy atom. The van der Waals surface area contributed by atoms with Crippen molar-refractivity contribution in [2.75, 3.05) is 0 Å². The van der Waals surface area contributed by atoms with Crippen LogP contribution in [0.5, 0.6) is 0 Å². The monoisotopic (exact) mass is 620 g/mol. The molecule has 2 aliphatic rings. The van der Waals surface area contributed by atoms with E-state index in [-0.39, 0.29) is 0 Å². The van der Waals surface area contributed by atoms with Crippen LogP contribution in [0.2, 0.25) is 0 Å². The van der Waals surface area contributed by atoms with Crippen LogP contribution in [0.4, 0.5) is 0 Å². The van der Waals surface area contributed by atoms with Crippen molar-refractivity contribution >= 4 is 5.84 Å². The topological polar surface area (TPSA) is 38.4 Å². The molecule has 2 nitrogen and oxygen atoms in total. The summed E-state index contributed by atoms with van der Waals surface area (Å²) in [5.41, 5.74) is 20.7. The highest BCUT2D eigenvalue weighted by Gasteiger charge is 2.15. The average Bonchev–Trinajstić information content (AvgIpc) is 3.17. The third-order valence-electron chi connectivity index (χ3n) is 9.09. The number of nitrogens with zero attached hydrogens (tertiary/aromatic N) is 1. The van der Waals surface area contributed by atoms with Gasteiger partial charge in [0, 0.05) is 0 Å². The van der Waals surface area contributed by atoms with Crippen LogP contribution < -0.4 is 5.73 Å². The Labute approximate surface area is 284 Å². The summed E-state index contributed by atoms with van der Waals surface area (Å²) in [6.45, 7) is 0. The van der Waals surface area contributed by atoms with Gasteiger partial charge in [-0.2, -0.15) is 0 Å². The lowest BCUT2D eigenvalue weighted by molar-refractivity contribution is 0.994. The van der Waals surface area contributed by atoms with E-state index in [2.05, 4.69) is 170 Å². The zero-order chi connectivity index (χ0) is 32.5. The summed E-state index contributed by atoms with van der Waals surface area (Å²) in [6.07, 6.45) is 20.0. The molecular formula is C46H40N2. The summed E-state index contributed by atoms with van der Waals surface area (Å²) < 4.78 is 0. The smallest absolute Gasteiger partial charge is 0.127 e. The Morgan fingerprint density at radius 3 is 1.83 bits per heavy atom. The lowest BCUT2D eigenvalue weighted by Crippen LogP contribution is -2.16. The van der Waals surface area contributed by atoms with Gasteiger partial charge in [0.25, 0.3) is 0 Å². The van der Waals surface area contributed by atoms with Crippen LogP contribution in [0.3, 0.4) is 0 Å². The van der Waals surface area contributed by atoms with Crippen molar-refractivity contribution in [1.82, 2.24) is 0 Å². The van der Waals surface area contributed by atoms with Crippen molar-refractivity contribution in [2.24, 2.45) is 10.7 Å². The Bertz CT molecular complexity index is 2100. The van der Waals surface area contributed by atoms with Crippen LogP contribution in [0.1, 0.15) is 31.2 Å². The third-order valence-corrected chi connectivity index (χ3v) is 9.09. The van der Waals surface area contributed by atoms with Gasteiger partial charge in [-0.05, 0) is 93.3 Å². The maximum Gasteiger partial charge on any atom is 0.127 e. The first-order valence-corrected chi connectivity index (χ1v) is 16.9. The highest BCUT2D eigenvalue weighted by molar-refractivity contribution is 5.98. The van der Waals surface area contributed by atoms with Gasteiger partial charge < -0.3 is 5.73 Å². The van der Waals surface area contributed by atoms with Gasteiger partial charge in [-0.15, -0.1) is 0 Å². The minimum Gasteiger partial charge on any atom is -0.383 e. The van der Waals surface area contributed by atoms with E-state index in [9.17, 15) is 0 Å². The number of aliphatic imine (C=N–C) groups is 1. The fourth-order valence-corrected chi connectivity index (χ4v) is 6.64. The normalized spacial score (nSPS) is 14.8. The molecule has 0 aromatic heterocycles. The van der Waals surface area contributed by atoms with Gasteiger partial charge in [-0.25, -0.2) is 4.99 Å². The number of amidine groups is 1. The van der Waals surface area contributed by atoms with E-state index in [0.29, 0.717) is 5.84 Å². The second-order valence-electron chi connectivity index (χ2n) is 12.3. The Hall–Kier alpha value is -5.73. The SMILES string of the molecule is N/C(=N\C(=C/Cc1cccc(-c2ccccc2-c2ccccc2-c2ccccc2-c2ccccc2)c1)C1=CCCC=C1)C1=CC=CCC1. The van der Waals surface area contributed by atoms with Crippen molar-refractivity contribution in [3.8, 4) is 44.5 Å². The minimum atomic E-state index is 0.612. The molecule has 0 atom stereocenters. The molecule has 5 aromatic rings. The van der Waals surface area contributed by atoms with Gasteiger partial charge in [0.05, 0.1) is 5.70 Å². The van der Waals surface area contributed by atoms with Crippen LogP contribution in [-0.2, 0) is 6.42 Å². The summed E-state index contributed by atoms with van der Waals surface area (Å²) in [5.74, 6) is 0.612. The van der Waals surface area contributed by atoms with Gasteiger partial charge in [-0.3, -0.25) is 0 Å². The quantitative estimate of drug-likeness (QED) is 0.129. The molecule has 2 heteroatoms. The number of hydrogen-bond donors (Lipinski definition) is 1. The second kappa shape index (κ2) is 14.8. The summed E-state index contributed by atoms with van der Waals surface area (Å²) in [5, 5.41) is 0. The van der Waals surface area contributed by atoms with Crippen molar-refractivity contribution in [3.05, 3.63) is 192 Å². The molecule has 0 radical (unpaired) electrons.